The first-order valence-corrected chi connectivity index (χ1v) is 7.79. The van der Waals surface area contributed by atoms with Crippen LogP contribution >= 0.6 is 0 Å². The topological polar surface area (TPSA) is 55.6 Å². The number of nitrogens with zero attached hydrogens (tertiary/aromatic N) is 1. The highest BCUT2D eigenvalue weighted by Crippen LogP contribution is 2.28. The van der Waals surface area contributed by atoms with Gasteiger partial charge in [-0.1, -0.05) is 30.3 Å². The zero-order valence-corrected chi connectivity index (χ0v) is 12.8. The Morgan fingerprint density at radius 3 is 2.76 bits per heavy atom. The van der Waals surface area contributed by atoms with Crippen molar-refractivity contribution in [3.8, 4) is 0 Å². The third-order valence-electron chi connectivity index (χ3n) is 3.94. The van der Waals surface area contributed by atoms with E-state index in [1.54, 1.807) is 4.90 Å². The molecule has 0 radical (unpaired) electrons. The third kappa shape index (κ3) is 5.86. The van der Waals surface area contributed by atoms with Crippen molar-refractivity contribution in [3.63, 3.8) is 0 Å². The van der Waals surface area contributed by atoms with Gasteiger partial charge in [-0.25, -0.2) is 0 Å². The average molecular weight is 290 g/mol. The fourth-order valence-corrected chi connectivity index (χ4v) is 2.20. The van der Waals surface area contributed by atoms with Gasteiger partial charge in [-0.2, -0.15) is 0 Å². The van der Waals surface area contributed by atoms with Gasteiger partial charge in [0.25, 0.3) is 0 Å². The van der Waals surface area contributed by atoms with Crippen LogP contribution in [0.2, 0.25) is 0 Å². The van der Waals surface area contributed by atoms with Crippen LogP contribution in [0.4, 0.5) is 0 Å². The predicted molar refractivity (Wildman–Crippen MR) is 83.8 cm³/mol. The number of benzene rings is 1. The van der Waals surface area contributed by atoms with Gasteiger partial charge in [-0.3, -0.25) is 4.79 Å². The van der Waals surface area contributed by atoms with E-state index < -0.39 is 0 Å². The zero-order chi connectivity index (χ0) is 15.1. The van der Waals surface area contributed by atoms with Gasteiger partial charge in [0, 0.05) is 32.7 Å². The second-order valence-corrected chi connectivity index (χ2v) is 5.89. The number of nitrogens with two attached hydrogens (primary N) is 1. The molecule has 2 N–H and O–H groups in total. The van der Waals surface area contributed by atoms with Crippen LogP contribution in [-0.4, -0.2) is 37.6 Å². The largest absolute Gasteiger partial charge is 0.379 e. The van der Waals surface area contributed by atoms with Crippen LogP contribution in [0.25, 0.3) is 0 Å². The lowest BCUT2D eigenvalue weighted by molar-refractivity contribution is -0.130. The van der Waals surface area contributed by atoms with Crippen molar-refractivity contribution in [2.24, 2.45) is 11.7 Å². The van der Waals surface area contributed by atoms with Crippen molar-refractivity contribution in [1.82, 2.24) is 4.90 Å². The number of hydrogen-bond donors (Lipinski definition) is 1. The fraction of sp³-hybridized carbons (Fsp3) is 0.588. The maximum absolute atomic E-state index is 12.0. The van der Waals surface area contributed by atoms with Gasteiger partial charge < -0.3 is 15.4 Å². The molecule has 4 nitrogen and oxygen atoms in total. The van der Waals surface area contributed by atoms with Gasteiger partial charge in [0.05, 0.1) is 6.61 Å². The normalized spacial score (nSPS) is 15.7. The molecule has 1 aliphatic rings. The quantitative estimate of drug-likeness (QED) is 0.710. The van der Waals surface area contributed by atoms with Crippen LogP contribution in [0.5, 0.6) is 0 Å². The summed E-state index contributed by atoms with van der Waals surface area (Å²) < 4.78 is 5.55. The molecule has 2 rings (SSSR count). The summed E-state index contributed by atoms with van der Waals surface area (Å²) in [6.07, 6.45) is 3.75. The van der Waals surface area contributed by atoms with E-state index in [0.717, 1.165) is 18.1 Å². The van der Waals surface area contributed by atoms with Gasteiger partial charge in [-0.15, -0.1) is 0 Å². The number of amides is 1. The lowest BCUT2D eigenvalue weighted by Gasteiger charge is -2.18. The molecule has 0 aromatic heterocycles. The fourth-order valence-electron chi connectivity index (χ4n) is 2.20. The van der Waals surface area contributed by atoms with Crippen LogP contribution in [0.1, 0.15) is 37.3 Å². The molecule has 1 unspecified atom stereocenters. The molecular weight excluding hydrogens is 264 g/mol. The molecule has 1 aliphatic carbocycles. The standard InChI is InChI=1S/C17H26N2O2/c1-19(11-12-21-13-14-7-8-14)17(20)10-9-16(18)15-5-3-2-4-6-15/h2-6,14,16H,7-13,18H2,1H3. The number of carbonyl (C=O) groups is 1. The van der Waals surface area contributed by atoms with E-state index in [1.165, 1.54) is 12.8 Å². The highest BCUT2D eigenvalue weighted by molar-refractivity contribution is 5.75. The number of hydrogen-bond acceptors (Lipinski definition) is 3. The van der Waals surface area contributed by atoms with Crippen LogP contribution in [-0.2, 0) is 9.53 Å². The van der Waals surface area contributed by atoms with E-state index in [-0.39, 0.29) is 11.9 Å². The lowest BCUT2D eigenvalue weighted by Crippen LogP contribution is -2.30. The first kappa shape index (κ1) is 16.0. The second-order valence-electron chi connectivity index (χ2n) is 5.89. The molecule has 0 aliphatic heterocycles. The smallest absolute Gasteiger partial charge is 0.222 e. The van der Waals surface area contributed by atoms with E-state index in [1.807, 2.05) is 37.4 Å². The molecule has 1 fully saturated rings. The number of ether oxygens (including phenoxy) is 1. The Morgan fingerprint density at radius 1 is 1.38 bits per heavy atom. The number of carbonyl (C=O) groups excluding carboxylic acids is 1. The van der Waals surface area contributed by atoms with E-state index >= 15 is 0 Å². The van der Waals surface area contributed by atoms with Crippen LogP contribution in [0, 0.1) is 5.92 Å². The average Bonchev–Trinajstić information content (AvgIpc) is 3.33. The Hall–Kier alpha value is -1.39. The minimum Gasteiger partial charge on any atom is -0.379 e. The zero-order valence-electron chi connectivity index (χ0n) is 12.8. The van der Waals surface area contributed by atoms with Crippen LogP contribution in [0.15, 0.2) is 30.3 Å². The van der Waals surface area contributed by atoms with Gasteiger partial charge in [0.15, 0.2) is 0 Å². The molecule has 1 amide bonds. The van der Waals surface area contributed by atoms with Gasteiger partial charge in [0.1, 0.15) is 0 Å². The minimum absolute atomic E-state index is 0.0744. The van der Waals surface area contributed by atoms with Crippen molar-refractivity contribution in [2.45, 2.75) is 31.7 Å². The molecule has 0 saturated heterocycles. The maximum atomic E-state index is 12.0. The molecule has 21 heavy (non-hydrogen) atoms. The van der Waals surface area contributed by atoms with Crippen LogP contribution in [0.3, 0.4) is 0 Å². The SMILES string of the molecule is CN(CCOCC1CC1)C(=O)CCC(N)c1ccccc1. The summed E-state index contributed by atoms with van der Waals surface area (Å²) in [6, 6.07) is 9.85. The molecule has 0 bridgehead atoms. The van der Waals surface area contributed by atoms with Gasteiger partial charge >= 0.3 is 0 Å². The summed E-state index contributed by atoms with van der Waals surface area (Å²) in [7, 11) is 1.83. The Balaban J connectivity index is 1.61. The minimum atomic E-state index is -0.0744. The second kappa shape index (κ2) is 8.15. The molecule has 116 valence electrons. The van der Waals surface area contributed by atoms with Crippen molar-refractivity contribution >= 4 is 5.91 Å². The first-order chi connectivity index (χ1) is 10.2. The van der Waals surface area contributed by atoms with E-state index in [0.29, 0.717) is 26.0 Å². The molecule has 1 aromatic carbocycles. The van der Waals surface area contributed by atoms with Crippen molar-refractivity contribution in [2.75, 3.05) is 26.8 Å². The van der Waals surface area contributed by atoms with E-state index in [9.17, 15) is 4.79 Å². The summed E-state index contributed by atoms with van der Waals surface area (Å²) in [4.78, 5) is 13.8. The molecular formula is C17H26N2O2. The summed E-state index contributed by atoms with van der Waals surface area (Å²) in [6.45, 7) is 2.14. The Labute approximate surface area is 127 Å². The maximum Gasteiger partial charge on any atom is 0.222 e. The predicted octanol–water partition coefficient (Wildman–Crippen LogP) is 2.35. The molecule has 4 heteroatoms. The lowest BCUT2D eigenvalue weighted by atomic mass is 10.0. The summed E-state index contributed by atoms with van der Waals surface area (Å²) in [5.74, 6) is 0.909. The third-order valence-corrected chi connectivity index (χ3v) is 3.94. The Bertz CT molecular complexity index is 432. The molecule has 0 spiro atoms. The molecule has 0 heterocycles. The Kier molecular flexibility index (Phi) is 6.21. The van der Waals surface area contributed by atoms with Crippen molar-refractivity contribution < 1.29 is 9.53 Å². The first-order valence-electron chi connectivity index (χ1n) is 7.79. The Morgan fingerprint density at radius 2 is 2.10 bits per heavy atom. The number of likely N-dealkylation sites (N-methyl/N-ethyl adjacent to an activating group) is 1. The summed E-state index contributed by atoms with van der Waals surface area (Å²) in [5, 5.41) is 0. The molecule has 1 saturated carbocycles. The summed E-state index contributed by atoms with van der Waals surface area (Å²) >= 11 is 0. The van der Waals surface area contributed by atoms with E-state index in [2.05, 4.69) is 0 Å². The van der Waals surface area contributed by atoms with Crippen LogP contribution < -0.4 is 5.73 Å². The monoisotopic (exact) mass is 290 g/mol. The van der Waals surface area contributed by atoms with Crippen molar-refractivity contribution in [1.29, 1.82) is 0 Å². The van der Waals surface area contributed by atoms with E-state index in [4.69, 9.17) is 10.5 Å². The highest BCUT2D eigenvalue weighted by atomic mass is 16.5. The molecule has 1 atom stereocenters. The summed E-state index contributed by atoms with van der Waals surface area (Å²) in [5.41, 5.74) is 7.19. The molecule has 1 aromatic rings. The van der Waals surface area contributed by atoms with Gasteiger partial charge in [0.2, 0.25) is 5.91 Å². The van der Waals surface area contributed by atoms with Gasteiger partial charge in [-0.05, 0) is 30.7 Å². The number of rotatable bonds is 9. The van der Waals surface area contributed by atoms with Crippen molar-refractivity contribution in [3.05, 3.63) is 35.9 Å². The highest BCUT2D eigenvalue weighted by Gasteiger charge is 2.21.